The molecule has 0 radical (unpaired) electrons. The zero-order valence-corrected chi connectivity index (χ0v) is 20.1. The van der Waals surface area contributed by atoms with Crippen LogP contribution in [0.5, 0.6) is 0 Å². The first-order valence-corrected chi connectivity index (χ1v) is 10.6. The van der Waals surface area contributed by atoms with E-state index in [-0.39, 0.29) is 24.7 Å². The summed E-state index contributed by atoms with van der Waals surface area (Å²) in [6.45, 7) is 13.8. The van der Waals surface area contributed by atoms with Gasteiger partial charge in [0.15, 0.2) is 0 Å². The van der Waals surface area contributed by atoms with Gasteiger partial charge in [0.05, 0.1) is 17.6 Å². The van der Waals surface area contributed by atoms with Crippen LogP contribution in [0.4, 0.5) is 0 Å². The maximum absolute atomic E-state index is 12.4. The highest BCUT2D eigenvalue weighted by molar-refractivity contribution is 6.65. The smallest absolute Gasteiger partial charge is 0.460 e. The summed E-state index contributed by atoms with van der Waals surface area (Å²) in [5.41, 5.74) is 0.203. The van der Waals surface area contributed by atoms with Gasteiger partial charge in [0.1, 0.15) is 5.60 Å². The molecule has 1 saturated heterocycles. The van der Waals surface area contributed by atoms with E-state index in [1.165, 1.54) is 0 Å². The fourth-order valence-corrected chi connectivity index (χ4v) is 3.28. The number of benzene rings is 1. The molecule has 1 aliphatic heterocycles. The lowest BCUT2D eigenvalue weighted by molar-refractivity contribution is -0.156. The summed E-state index contributed by atoms with van der Waals surface area (Å²) in [5.74, 6) is -0.508. The van der Waals surface area contributed by atoms with Crippen LogP contribution >= 0.6 is 11.6 Å². The van der Waals surface area contributed by atoms with Gasteiger partial charge >= 0.3 is 13.1 Å². The van der Waals surface area contributed by atoms with Gasteiger partial charge in [0.2, 0.25) is 5.91 Å². The molecular weight excluding hydrogens is 405 g/mol. The monoisotopic (exact) mass is 437 g/mol. The fraction of sp³-hybridized carbons (Fsp3) is 0.636. The van der Waals surface area contributed by atoms with Crippen LogP contribution in [0.3, 0.4) is 0 Å². The molecule has 8 heteroatoms. The number of nitrogens with zero attached hydrogens (tertiary/aromatic N) is 1. The number of esters is 1. The van der Waals surface area contributed by atoms with Crippen LogP contribution in [-0.4, -0.2) is 47.7 Å². The van der Waals surface area contributed by atoms with E-state index in [1.807, 2.05) is 45.9 Å². The number of hydrogen-bond acceptors (Lipinski definition) is 5. The number of amides is 1. The Morgan fingerprint density at radius 1 is 1.10 bits per heavy atom. The maximum atomic E-state index is 12.4. The summed E-state index contributed by atoms with van der Waals surface area (Å²) in [6.07, 6.45) is 0.160. The summed E-state index contributed by atoms with van der Waals surface area (Å²) in [5, 5.41) is 0.528. The fourth-order valence-electron chi connectivity index (χ4n) is 2.98. The molecule has 0 aromatic heterocycles. The molecule has 1 amide bonds. The second kappa shape index (κ2) is 8.89. The molecule has 2 rings (SSSR count). The molecule has 0 spiro atoms. The minimum absolute atomic E-state index is 0.0576. The topological polar surface area (TPSA) is 65.1 Å². The van der Waals surface area contributed by atoms with E-state index >= 15 is 0 Å². The summed E-state index contributed by atoms with van der Waals surface area (Å²) in [6, 6.07) is 5.60. The van der Waals surface area contributed by atoms with Crippen molar-refractivity contribution >= 4 is 36.1 Å². The summed E-state index contributed by atoms with van der Waals surface area (Å²) >= 11 is 6.50. The first-order valence-electron chi connectivity index (χ1n) is 10.2. The van der Waals surface area contributed by atoms with Crippen LogP contribution in [0.25, 0.3) is 0 Å². The van der Waals surface area contributed by atoms with Crippen molar-refractivity contribution in [2.45, 2.75) is 84.7 Å². The molecule has 1 aliphatic rings. The quantitative estimate of drug-likeness (QED) is 0.501. The Hall–Kier alpha value is -1.57. The summed E-state index contributed by atoms with van der Waals surface area (Å²) < 4.78 is 17.4. The molecule has 166 valence electrons. The molecule has 0 N–H and O–H groups in total. The number of ether oxygens (including phenoxy) is 1. The summed E-state index contributed by atoms with van der Waals surface area (Å²) in [7, 11) is 1.16. The molecule has 30 heavy (non-hydrogen) atoms. The number of rotatable bonds is 6. The first kappa shape index (κ1) is 24.7. The van der Waals surface area contributed by atoms with E-state index in [9.17, 15) is 9.59 Å². The van der Waals surface area contributed by atoms with Crippen molar-refractivity contribution in [3.63, 3.8) is 0 Å². The normalized spacial score (nSPS) is 17.7. The standard InChI is InChI=1S/C22H33BClNO5/c1-20(2,3)28-19(27)12-11-18(26)25(8)14-15-9-10-16(17(24)13-15)23-29-21(4,5)22(6,7)30-23/h9-10,13H,11-12,14H2,1-8H3. The molecule has 1 heterocycles. The van der Waals surface area contributed by atoms with E-state index in [0.29, 0.717) is 11.6 Å². The van der Waals surface area contributed by atoms with Gasteiger partial charge in [-0.1, -0.05) is 23.7 Å². The van der Waals surface area contributed by atoms with Crippen LogP contribution < -0.4 is 5.46 Å². The van der Waals surface area contributed by atoms with Gasteiger partial charge in [-0.3, -0.25) is 9.59 Å². The van der Waals surface area contributed by atoms with Crippen molar-refractivity contribution in [3.05, 3.63) is 28.8 Å². The largest absolute Gasteiger partial charge is 0.496 e. The van der Waals surface area contributed by atoms with Gasteiger partial charge in [0, 0.05) is 30.5 Å². The third-order valence-corrected chi connectivity index (χ3v) is 5.71. The minimum Gasteiger partial charge on any atom is -0.460 e. The molecule has 1 aromatic carbocycles. The lowest BCUT2D eigenvalue weighted by atomic mass is 9.78. The Balaban J connectivity index is 1.96. The molecule has 0 bridgehead atoms. The highest BCUT2D eigenvalue weighted by atomic mass is 35.5. The third kappa shape index (κ3) is 6.22. The SMILES string of the molecule is CN(Cc1ccc(B2OC(C)(C)C(C)(C)O2)c(Cl)c1)C(=O)CCC(=O)OC(C)(C)C. The average molecular weight is 438 g/mol. The van der Waals surface area contributed by atoms with Crippen LogP contribution in [0.1, 0.15) is 66.9 Å². The van der Waals surface area contributed by atoms with Gasteiger partial charge in [-0.15, -0.1) is 0 Å². The molecule has 1 aromatic rings. The van der Waals surface area contributed by atoms with Crippen molar-refractivity contribution in [1.29, 1.82) is 0 Å². The van der Waals surface area contributed by atoms with Crippen molar-refractivity contribution in [3.8, 4) is 0 Å². The van der Waals surface area contributed by atoms with Crippen molar-refractivity contribution in [2.75, 3.05) is 7.05 Å². The Labute approximate surface area is 185 Å². The second-order valence-corrected chi connectivity index (χ2v) is 10.2. The van der Waals surface area contributed by atoms with Crippen LogP contribution in [0.2, 0.25) is 5.02 Å². The number of carbonyl (C=O) groups excluding carboxylic acids is 2. The van der Waals surface area contributed by atoms with Gasteiger partial charge in [0.25, 0.3) is 0 Å². The number of hydrogen-bond donors (Lipinski definition) is 0. The third-order valence-electron chi connectivity index (χ3n) is 5.38. The van der Waals surface area contributed by atoms with Gasteiger partial charge in [-0.2, -0.15) is 0 Å². The van der Waals surface area contributed by atoms with Crippen molar-refractivity contribution in [1.82, 2.24) is 4.90 Å². The zero-order chi connectivity index (χ0) is 22.9. The van der Waals surface area contributed by atoms with E-state index < -0.39 is 23.9 Å². The molecule has 0 atom stereocenters. The van der Waals surface area contributed by atoms with Crippen LogP contribution in [-0.2, 0) is 30.2 Å². The predicted octanol–water partition coefficient (Wildman–Crippen LogP) is 3.72. The van der Waals surface area contributed by atoms with Gasteiger partial charge in [-0.25, -0.2) is 0 Å². The van der Waals surface area contributed by atoms with E-state index in [2.05, 4.69) is 0 Å². The molecular formula is C22H33BClNO5. The lowest BCUT2D eigenvalue weighted by Gasteiger charge is -2.32. The lowest BCUT2D eigenvalue weighted by Crippen LogP contribution is -2.41. The van der Waals surface area contributed by atoms with Crippen LogP contribution in [0, 0.1) is 0 Å². The first-order chi connectivity index (χ1) is 13.6. The molecule has 1 fully saturated rings. The maximum Gasteiger partial charge on any atom is 0.496 e. The molecule has 0 aliphatic carbocycles. The van der Waals surface area contributed by atoms with Crippen molar-refractivity contribution < 1.29 is 23.6 Å². The van der Waals surface area contributed by atoms with Gasteiger partial charge < -0.3 is 18.9 Å². The molecule has 6 nitrogen and oxygen atoms in total. The molecule has 0 saturated carbocycles. The number of halogens is 1. The van der Waals surface area contributed by atoms with E-state index in [1.54, 1.807) is 32.7 Å². The second-order valence-electron chi connectivity index (χ2n) is 9.78. The Morgan fingerprint density at radius 2 is 1.67 bits per heavy atom. The van der Waals surface area contributed by atoms with E-state index in [4.69, 9.17) is 25.6 Å². The van der Waals surface area contributed by atoms with Crippen molar-refractivity contribution in [2.24, 2.45) is 0 Å². The average Bonchev–Trinajstić information content (AvgIpc) is 2.78. The summed E-state index contributed by atoms with van der Waals surface area (Å²) in [4.78, 5) is 25.7. The van der Waals surface area contributed by atoms with E-state index in [0.717, 1.165) is 11.0 Å². The highest BCUT2D eigenvalue weighted by Gasteiger charge is 2.52. The zero-order valence-electron chi connectivity index (χ0n) is 19.3. The Morgan fingerprint density at radius 3 is 2.17 bits per heavy atom. The highest BCUT2D eigenvalue weighted by Crippen LogP contribution is 2.37. The number of carbonyl (C=O) groups is 2. The molecule has 0 unspecified atom stereocenters. The minimum atomic E-state index is -0.554. The Kier molecular flexibility index (Phi) is 7.32. The Bertz CT molecular complexity index is 787. The predicted molar refractivity (Wildman–Crippen MR) is 119 cm³/mol. The van der Waals surface area contributed by atoms with Crippen LogP contribution in [0.15, 0.2) is 18.2 Å². The van der Waals surface area contributed by atoms with Gasteiger partial charge in [-0.05, 0) is 60.1 Å².